The molecule has 2 aromatic rings. The largest absolute Gasteiger partial charge is 0.451 e. The van der Waals surface area contributed by atoms with Crippen molar-refractivity contribution < 1.29 is 9.21 Å². The Morgan fingerprint density at radius 3 is 2.81 bits per heavy atom. The molecule has 0 unspecified atom stereocenters. The number of oxazole rings is 1. The number of nitrogens with one attached hydrogen (secondary N) is 1. The van der Waals surface area contributed by atoms with Crippen LogP contribution in [0.1, 0.15) is 11.3 Å². The van der Waals surface area contributed by atoms with E-state index in [0.717, 1.165) is 5.56 Å². The van der Waals surface area contributed by atoms with Crippen LogP contribution < -0.4 is 5.32 Å². The van der Waals surface area contributed by atoms with E-state index in [4.69, 9.17) is 4.42 Å². The molecule has 1 aromatic carbocycles. The van der Waals surface area contributed by atoms with Crippen molar-refractivity contribution in [3.8, 4) is 0 Å². The Morgan fingerprint density at radius 2 is 2.12 bits per heavy atom. The van der Waals surface area contributed by atoms with Crippen LogP contribution in [0.5, 0.6) is 0 Å². The zero-order valence-corrected chi connectivity index (χ0v) is 8.72. The first-order valence-electron chi connectivity index (χ1n) is 5.02. The van der Waals surface area contributed by atoms with Crippen LogP contribution in [0.3, 0.4) is 0 Å². The molecular formula is C12H12N2O2. The maximum Gasteiger partial charge on any atom is 0.226 e. The first-order valence-corrected chi connectivity index (χ1v) is 5.02. The molecule has 0 radical (unpaired) electrons. The smallest absolute Gasteiger partial charge is 0.226 e. The van der Waals surface area contributed by atoms with Crippen molar-refractivity contribution >= 4 is 5.91 Å². The first kappa shape index (κ1) is 10.4. The second kappa shape index (κ2) is 5.11. The van der Waals surface area contributed by atoms with E-state index in [9.17, 15) is 4.79 Å². The third kappa shape index (κ3) is 2.95. The monoisotopic (exact) mass is 216 g/mol. The summed E-state index contributed by atoms with van der Waals surface area (Å²) >= 11 is 0. The molecule has 4 heteroatoms. The van der Waals surface area contributed by atoms with E-state index >= 15 is 0 Å². The Labute approximate surface area is 93.3 Å². The summed E-state index contributed by atoms with van der Waals surface area (Å²) in [6.07, 6.45) is 3.05. The van der Waals surface area contributed by atoms with E-state index in [1.807, 2.05) is 30.3 Å². The maximum absolute atomic E-state index is 11.5. The van der Waals surface area contributed by atoms with E-state index in [1.165, 1.54) is 12.7 Å². The average Bonchev–Trinajstić information content (AvgIpc) is 2.81. The minimum atomic E-state index is -0.0576. The van der Waals surface area contributed by atoms with Gasteiger partial charge in [-0.25, -0.2) is 4.98 Å². The van der Waals surface area contributed by atoms with Gasteiger partial charge in [-0.2, -0.15) is 0 Å². The Kier molecular flexibility index (Phi) is 3.33. The van der Waals surface area contributed by atoms with Crippen LogP contribution in [0.2, 0.25) is 0 Å². The number of hydrogen-bond acceptors (Lipinski definition) is 3. The van der Waals surface area contributed by atoms with Crippen molar-refractivity contribution in [1.29, 1.82) is 0 Å². The van der Waals surface area contributed by atoms with E-state index in [0.29, 0.717) is 12.2 Å². The predicted octanol–water partition coefficient (Wildman–Crippen LogP) is 1.53. The molecule has 0 aliphatic rings. The number of aromatic nitrogens is 1. The summed E-state index contributed by atoms with van der Waals surface area (Å²) < 4.78 is 4.79. The van der Waals surface area contributed by atoms with Crippen LogP contribution in [-0.2, 0) is 17.8 Å². The zero-order chi connectivity index (χ0) is 11.2. The first-order chi connectivity index (χ1) is 7.84. The third-order valence-electron chi connectivity index (χ3n) is 2.16. The predicted molar refractivity (Wildman–Crippen MR) is 58.5 cm³/mol. The van der Waals surface area contributed by atoms with Crippen LogP contribution in [-0.4, -0.2) is 10.9 Å². The lowest BCUT2D eigenvalue weighted by molar-refractivity contribution is -0.120. The van der Waals surface area contributed by atoms with Gasteiger partial charge in [0.15, 0.2) is 6.39 Å². The lowest BCUT2D eigenvalue weighted by Gasteiger charge is -2.03. The van der Waals surface area contributed by atoms with Crippen LogP contribution in [0.15, 0.2) is 47.4 Å². The van der Waals surface area contributed by atoms with Crippen LogP contribution in [0.25, 0.3) is 0 Å². The van der Waals surface area contributed by atoms with E-state index in [-0.39, 0.29) is 12.3 Å². The molecule has 0 saturated heterocycles. The minimum absolute atomic E-state index is 0.0576. The van der Waals surface area contributed by atoms with Gasteiger partial charge in [-0.15, -0.1) is 0 Å². The van der Waals surface area contributed by atoms with Gasteiger partial charge in [0.2, 0.25) is 5.91 Å². The summed E-state index contributed by atoms with van der Waals surface area (Å²) in [6, 6.07) is 9.77. The summed E-state index contributed by atoms with van der Waals surface area (Å²) in [7, 11) is 0. The van der Waals surface area contributed by atoms with E-state index < -0.39 is 0 Å². The molecule has 0 aliphatic heterocycles. The number of nitrogens with zero attached hydrogens (tertiary/aromatic N) is 1. The maximum atomic E-state index is 11.5. The summed E-state index contributed by atoms with van der Waals surface area (Å²) in [5.41, 5.74) is 1.72. The molecule has 0 fully saturated rings. The van der Waals surface area contributed by atoms with Crippen molar-refractivity contribution in [2.45, 2.75) is 13.0 Å². The SMILES string of the molecule is O=C(Cc1cocn1)NCc1ccccc1. The molecule has 16 heavy (non-hydrogen) atoms. The highest BCUT2D eigenvalue weighted by molar-refractivity contribution is 5.77. The van der Waals surface area contributed by atoms with E-state index in [1.54, 1.807) is 0 Å². The van der Waals surface area contributed by atoms with Crippen LogP contribution in [0, 0.1) is 0 Å². The summed E-state index contributed by atoms with van der Waals surface area (Å²) in [6.45, 7) is 0.539. The lowest BCUT2D eigenvalue weighted by atomic mass is 10.2. The molecule has 0 spiro atoms. The number of carbonyl (C=O) groups excluding carboxylic acids is 1. The number of carbonyl (C=O) groups is 1. The molecule has 82 valence electrons. The normalized spacial score (nSPS) is 10.0. The topological polar surface area (TPSA) is 55.1 Å². The van der Waals surface area contributed by atoms with Gasteiger partial charge in [0.1, 0.15) is 6.26 Å². The molecule has 1 aromatic heterocycles. The molecule has 1 amide bonds. The Bertz CT molecular complexity index is 437. The van der Waals surface area contributed by atoms with Crippen molar-refractivity contribution in [1.82, 2.24) is 10.3 Å². The molecule has 0 bridgehead atoms. The number of hydrogen-bond donors (Lipinski definition) is 1. The molecule has 4 nitrogen and oxygen atoms in total. The molecule has 0 aliphatic carbocycles. The van der Waals surface area contributed by atoms with Gasteiger partial charge in [0.25, 0.3) is 0 Å². The minimum Gasteiger partial charge on any atom is -0.451 e. The molecule has 0 atom stereocenters. The number of amides is 1. The van der Waals surface area contributed by atoms with Crippen LogP contribution >= 0.6 is 0 Å². The van der Waals surface area contributed by atoms with Gasteiger partial charge < -0.3 is 9.73 Å². The third-order valence-corrected chi connectivity index (χ3v) is 2.16. The van der Waals surface area contributed by atoms with Crippen molar-refractivity contribution in [3.05, 3.63) is 54.2 Å². The van der Waals surface area contributed by atoms with Gasteiger partial charge in [-0.1, -0.05) is 30.3 Å². The van der Waals surface area contributed by atoms with Gasteiger partial charge in [0, 0.05) is 6.54 Å². The van der Waals surface area contributed by atoms with Gasteiger partial charge >= 0.3 is 0 Å². The van der Waals surface area contributed by atoms with Gasteiger partial charge in [-0.3, -0.25) is 4.79 Å². The standard InChI is InChI=1S/C12H12N2O2/c15-12(6-11-8-16-9-14-11)13-7-10-4-2-1-3-5-10/h1-5,8-9H,6-7H2,(H,13,15). The summed E-state index contributed by atoms with van der Waals surface area (Å²) in [5, 5.41) is 2.82. The van der Waals surface area contributed by atoms with Crippen LogP contribution in [0.4, 0.5) is 0 Å². The second-order valence-corrected chi connectivity index (χ2v) is 3.42. The number of benzene rings is 1. The lowest BCUT2D eigenvalue weighted by Crippen LogP contribution is -2.24. The van der Waals surface area contributed by atoms with Crippen molar-refractivity contribution in [3.63, 3.8) is 0 Å². The number of rotatable bonds is 4. The Hall–Kier alpha value is -2.10. The van der Waals surface area contributed by atoms with Gasteiger partial charge in [-0.05, 0) is 5.56 Å². The fourth-order valence-electron chi connectivity index (χ4n) is 1.35. The highest BCUT2D eigenvalue weighted by Crippen LogP contribution is 1.99. The highest BCUT2D eigenvalue weighted by Gasteiger charge is 2.04. The average molecular weight is 216 g/mol. The molecule has 2 rings (SSSR count). The molecule has 1 N–H and O–H groups in total. The van der Waals surface area contributed by atoms with Crippen molar-refractivity contribution in [2.75, 3.05) is 0 Å². The quantitative estimate of drug-likeness (QED) is 0.843. The molecule has 1 heterocycles. The molecular weight excluding hydrogens is 204 g/mol. The Morgan fingerprint density at radius 1 is 1.31 bits per heavy atom. The second-order valence-electron chi connectivity index (χ2n) is 3.42. The summed E-state index contributed by atoms with van der Waals surface area (Å²) in [4.78, 5) is 15.4. The zero-order valence-electron chi connectivity index (χ0n) is 8.72. The Balaban J connectivity index is 1.80. The highest BCUT2D eigenvalue weighted by atomic mass is 16.3. The van der Waals surface area contributed by atoms with Gasteiger partial charge in [0.05, 0.1) is 12.1 Å². The molecule has 0 saturated carbocycles. The summed E-state index contributed by atoms with van der Waals surface area (Å²) in [5.74, 6) is -0.0576. The van der Waals surface area contributed by atoms with E-state index in [2.05, 4.69) is 10.3 Å². The fraction of sp³-hybridized carbons (Fsp3) is 0.167. The van der Waals surface area contributed by atoms with Crippen molar-refractivity contribution in [2.24, 2.45) is 0 Å². The fourth-order valence-corrected chi connectivity index (χ4v) is 1.35.